The van der Waals surface area contributed by atoms with Gasteiger partial charge in [-0.25, -0.2) is 9.78 Å². The first-order valence-electron chi connectivity index (χ1n) is 6.55. The van der Waals surface area contributed by atoms with E-state index in [0.29, 0.717) is 32.6 Å². The van der Waals surface area contributed by atoms with E-state index in [1.807, 2.05) is 13.8 Å². The molecule has 7 heteroatoms. The Kier molecular flexibility index (Phi) is 4.59. The number of piperazine rings is 1. The van der Waals surface area contributed by atoms with E-state index in [-0.39, 0.29) is 12.0 Å². The quantitative estimate of drug-likeness (QED) is 0.823. The lowest BCUT2D eigenvalue weighted by Gasteiger charge is -2.33. The van der Waals surface area contributed by atoms with Gasteiger partial charge >= 0.3 is 6.09 Å². The Morgan fingerprint density at radius 2 is 1.80 bits per heavy atom. The van der Waals surface area contributed by atoms with Crippen LogP contribution in [0.3, 0.4) is 0 Å². The van der Waals surface area contributed by atoms with Gasteiger partial charge in [0.25, 0.3) is 0 Å². The minimum Gasteiger partial charge on any atom is -0.453 e. The second kappa shape index (κ2) is 6.21. The van der Waals surface area contributed by atoms with Gasteiger partial charge in [-0.15, -0.1) is 11.3 Å². The number of hydrogen-bond acceptors (Lipinski definition) is 5. The Hall–Kier alpha value is -1.63. The summed E-state index contributed by atoms with van der Waals surface area (Å²) in [4.78, 5) is 32.4. The molecule has 110 valence electrons. The van der Waals surface area contributed by atoms with Crippen molar-refractivity contribution in [2.45, 2.75) is 20.3 Å². The number of thiazole rings is 1. The number of amides is 2. The van der Waals surface area contributed by atoms with Crippen LogP contribution in [0.15, 0.2) is 0 Å². The number of methoxy groups -OCH3 is 1. The third-order valence-corrected chi connectivity index (χ3v) is 4.45. The van der Waals surface area contributed by atoms with E-state index >= 15 is 0 Å². The van der Waals surface area contributed by atoms with Crippen molar-refractivity contribution in [3.8, 4) is 0 Å². The second-order valence-corrected chi connectivity index (χ2v) is 6.04. The zero-order valence-electron chi connectivity index (χ0n) is 12.0. The maximum atomic E-state index is 12.2. The van der Waals surface area contributed by atoms with Gasteiger partial charge in [0.15, 0.2) is 0 Å². The summed E-state index contributed by atoms with van der Waals surface area (Å²) < 4.78 is 4.68. The Balaban J connectivity index is 1.89. The van der Waals surface area contributed by atoms with E-state index in [0.717, 1.165) is 15.6 Å². The number of aromatic nitrogens is 1. The van der Waals surface area contributed by atoms with Crippen molar-refractivity contribution in [3.63, 3.8) is 0 Å². The van der Waals surface area contributed by atoms with Crippen LogP contribution in [0.25, 0.3) is 0 Å². The van der Waals surface area contributed by atoms with Gasteiger partial charge in [-0.1, -0.05) is 0 Å². The lowest BCUT2D eigenvalue weighted by molar-refractivity contribution is -0.132. The Labute approximate surface area is 122 Å². The fourth-order valence-electron chi connectivity index (χ4n) is 2.25. The molecule has 0 saturated carbocycles. The highest BCUT2D eigenvalue weighted by Gasteiger charge is 2.25. The Morgan fingerprint density at radius 3 is 2.30 bits per heavy atom. The molecule has 1 aromatic heterocycles. The number of nitrogens with zero attached hydrogens (tertiary/aromatic N) is 3. The molecule has 2 heterocycles. The number of rotatable bonds is 2. The molecular weight excluding hydrogens is 278 g/mol. The summed E-state index contributed by atoms with van der Waals surface area (Å²) >= 11 is 1.57. The molecule has 1 saturated heterocycles. The number of carbonyl (C=O) groups is 2. The summed E-state index contributed by atoms with van der Waals surface area (Å²) in [5, 5.41) is 0.987. The molecule has 2 amide bonds. The van der Waals surface area contributed by atoms with Gasteiger partial charge in [0.2, 0.25) is 5.91 Å². The number of carbonyl (C=O) groups excluding carboxylic acids is 2. The van der Waals surface area contributed by atoms with Crippen molar-refractivity contribution < 1.29 is 14.3 Å². The average Bonchev–Trinajstić information content (AvgIpc) is 2.76. The number of ether oxygens (including phenoxy) is 1. The summed E-state index contributed by atoms with van der Waals surface area (Å²) in [5.74, 6) is 0.0984. The van der Waals surface area contributed by atoms with E-state index in [4.69, 9.17) is 0 Å². The first-order valence-corrected chi connectivity index (χ1v) is 7.36. The molecule has 20 heavy (non-hydrogen) atoms. The summed E-state index contributed by atoms with van der Waals surface area (Å²) in [6, 6.07) is 0. The van der Waals surface area contributed by atoms with Gasteiger partial charge in [0, 0.05) is 31.1 Å². The van der Waals surface area contributed by atoms with Gasteiger partial charge in [-0.2, -0.15) is 0 Å². The van der Waals surface area contributed by atoms with Crippen molar-refractivity contribution in [1.29, 1.82) is 0 Å². The summed E-state index contributed by atoms with van der Waals surface area (Å²) in [5.41, 5.74) is 0.939. The van der Waals surface area contributed by atoms with Crippen molar-refractivity contribution in [2.75, 3.05) is 33.3 Å². The average molecular weight is 297 g/mol. The van der Waals surface area contributed by atoms with Gasteiger partial charge in [0.05, 0.1) is 24.2 Å². The van der Waals surface area contributed by atoms with Crippen LogP contribution in [-0.2, 0) is 16.0 Å². The minimum absolute atomic E-state index is 0.0984. The van der Waals surface area contributed by atoms with Crippen molar-refractivity contribution in [1.82, 2.24) is 14.8 Å². The van der Waals surface area contributed by atoms with Crippen molar-refractivity contribution in [3.05, 3.63) is 15.6 Å². The standard InChI is InChI=1S/C13H19N3O3S/c1-9-11(20-10(2)14-9)8-12(17)15-4-6-16(7-5-15)13(18)19-3/h4-8H2,1-3H3. The molecule has 1 aromatic rings. The predicted octanol–water partition coefficient (Wildman–Crippen LogP) is 1.21. The molecule has 0 aromatic carbocycles. The monoisotopic (exact) mass is 297 g/mol. The smallest absolute Gasteiger partial charge is 0.409 e. The highest BCUT2D eigenvalue weighted by atomic mass is 32.1. The zero-order chi connectivity index (χ0) is 14.7. The molecule has 0 aliphatic carbocycles. The van der Waals surface area contributed by atoms with Crippen molar-refractivity contribution >= 4 is 23.3 Å². The highest BCUT2D eigenvalue weighted by molar-refractivity contribution is 7.11. The van der Waals surface area contributed by atoms with Gasteiger partial charge in [0.1, 0.15) is 0 Å². The molecule has 2 rings (SSSR count). The molecule has 0 spiro atoms. The predicted molar refractivity (Wildman–Crippen MR) is 75.9 cm³/mol. The Bertz CT molecular complexity index is 507. The molecular formula is C13H19N3O3S. The topological polar surface area (TPSA) is 62.7 Å². The lowest BCUT2D eigenvalue weighted by Crippen LogP contribution is -2.50. The summed E-state index contributed by atoms with van der Waals surface area (Å²) in [7, 11) is 1.37. The lowest BCUT2D eigenvalue weighted by atomic mass is 10.2. The molecule has 1 fully saturated rings. The SMILES string of the molecule is COC(=O)N1CCN(C(=O)Cc2sc(C)nc2C)CC1. The molecule has 0 N–H and O–H groups in total. The first-order chi connectivity index (χ1) is 9.51. The number of aryl methyl sites for hydroxylation is 2. The van der Waals surface area contributed by atoms with Crippen LogP contribution >= 0.6 is 11.3 Å². The van der Waals surface area contributed by atoms with E-state index in [1.165, 1.54) is 7.11 Å². The van der Waals surface area contributed by atoms with E-state index in [9.17, 15) is 9.59 Å². The van der Waals surface area contributed by atoms with Crippen LogP contribution in [0.5, 0.6) is 0 Å². The van der Waals surface area contributed by atoms with Crippen LogP contribution in [0.2, 0.25) is 0 Å². The summed E-state index contributed by atoms with van der Waals surface area (Å²) in [6.45, 7) is 6.05. The molecule has 0 unspecified atom stereocenters. The van der Waals surface area contributed by atoms with Gasteiger partial charge < -0.3 is 14.5 Å². The van der Waals surface area contributed by atoms with Crippen LogP contribution in [0.1, 0.15) is 15.6 Å². The largest absolute Gasteiger partial charge is 0.453 e. The highest BCUT2D eigenvalue weighted by Crippen LogP contribution is 2.18. The Morgan fingerprint density at radius 1 is 1.20 bits per heavy atom. The summed E-state index contributed by atoms with van der Waals surface area (Å²) in [6.07, 6.45) is 0.0706. The van der Waals surface area contributed by atoms with Gasteiger partial charge in [-0.05, 0) is 13.8 Å². The maximum Gasteiger partial charge on any atom is 0.409 e. The molecule has 0 radical (unpaired) electrons. The molecule has 6 nitrogen and oxygen atoms in total. The fraction of sp³-hybridized carbons (Fsp3) is 0.615. The third-order valence-electron chi connectivity index (χ3n) is 3.38. The van der Waals surface area contributed by atoms with Crippen LogP contribution in [-0.4, -0.2) is 60.1 Å². The first kappa shape index (κ1) is 14.8. The van der Waals surface area contributed by atoms with Gasteiger partial charge in [-0.3, -0.25) is 4.79 Å². The zero-order valence-corrected chi connectivity index (χ0v) is 12.8. The maximum absolute atomic E-state index is 12.2. The molecule has 1 aliphatic heterocycles. The van der Waals surface area contributed by atoms with Crippen LogP contribution < -0.4 is 0 Å². The van der Waals surface area contributed by atoms with E-state index in [2.05, 4.69) is 9.72 Å². The van der Waals surface area contributed by atoms with Crippen molar-refractivity contribution in [2.24, 2.45) is 0 Å². The number of hydrogen-bond donors (Lipinski definition) is 0. The fourth-order valence-corrected chi connectivity index (χ4v) is 3.18. The van der Waals surface area contributed by atoms with E-state index in [1.54, 1.807) is 21.1 Å². The molecule has 0 bridgehead atoms. The third kappa shape index (κ3) is 3.27. The van der Waals surface area contributed by atoms with E-state index < -0.39 is 0 Å². The minimum atomic E-state index is -0.328. The van der Waals surface area contributed by atoms with Crippen LogP contribution in [0, 0.1) is 13.8 Å². The molecule has 1 aliphatic rings. The van der Waals surface area contributed by atoms with Crippen LogP contribution in [0.4, 0.5) is 4.79 Å². The second-order valence-electron chi connectivity index (χ2n) is 4.76. The molecule has 0 atom stereocenters. The normalized spacial score (nSPS) is 15.3.